The van der Waals surface area contributed by atoms with E-state index in [0.717, 1.165) is 21.1 Å². The van der Waals surface area contributed by atoms with Crippen molar-refractivity contribution in [3.05, 3.63) is 30.3 Å². The maximum absolute atomic E-state index is 12.7. The predicted octanol–water partition coefficient (Wildman–Crippen LogP) is 3.41. The van der Waals surface area contributed by atoms with E-state index < -0.39 is 0 Å². The molecule has 3 aromatic rings. The molecule has 2 aromatic carbocycles. The average molecular weight is 429 g/mol. The van der Waals surface area contributed by atoms with Gasteiger partial charge in [-0.15, -0.1) is 0 Å². The second-order valence-corrected chi connectivity index (χ2v) is 7.82. The third kappa shape index (κ3) is 3.56. The minimum Gasteiger partial charge on any atom is -0.494 e. The zero-order valence-electron chi connectivity index (χ0n) is 17.2. The van der Waals surface area contributed by atoms with Crippen molar-refractivity contribution >= 4 is 38.3 Å². The number of nitrogens with zero attached hydrogens (tertiary/aromatic N) is 2. The van der Waals surface area contributed by atoms with Gasteiger partial charge in [0, 0.05) is 30.9 Å². The highest BCUT2D eigenvalue weighted by Gasteiger charge is 2.35. The summed E-state index contributed by atoms with van der Waals surface area (Å²) in [5.74, 6) is 2.04. The van der Waals surface area contributed by atoms with E-state index in [-0.39, 0.29) is 11.8 Å². The second kappa shape index (κ2) is 8.27. The zero-order chi connectivity index (χ0) is 21.3. The minimum atomic E-state index is -0.127. The molecule has 1 saturated heterocycles. The van der Waals surface area contributed by atoms with Crippen LogP contribution in [0.2, 0.25) is 0 Å². The summed E-state index contributed by atoms with van der Waals surface area (Å²) in [6, 6.07) is 9.31. The van der Waals surface area contributed by atoms with Gasteiger partial charge in [-0.3, -0.25) is 4.79 Å². The second-order valence-electron chi connectivity index (χ2n) is 6.81. The molecule has 0 radical (unpaired) electrons. The lowest BCUT2D eigenvalue weighted by Crippen LogP contribution is -2.52. The maximum Gasteiger partial charge on any atom is 0.231 e. The van der Waals surface area contributed by atoms with Crippen molar-refractivity contribution in [1.29, 1.82) is 0 Å². The number of carbonyl (C=O) groups is 1. The van der Waals surface area contributed by atoms with E-state index >= 15 is 0 Å². The van der Waals surface area contributed by atoms with Crippen LogP contribution in [0.4, 0.5) is 10.8 Å². The van der Waals surface area contributed by atoms with Crippen molar-refractivity contribution in [2.24, 2.45) is 5.92 Å². The Bertz CT molecular complexity index is 1050. The Labute approximate surface area is 178 Å². The fourth-order valence-electron chi connectivity index (χ4n) is 3.41. The van der Waals surface area contributed by atoms with E-state index in [9.17, 15) is 4.79 Å². The number of hydrogen-bond donors (Lipinski definition) is 1. The quantitative estimate of drug-likeness (QED) is 0.616. The summed E-state index contributed by atoms with van der Waals surface area (Å²) in [5.41, 5.74) is 1.45. The van der Waals surface area contributed by atoms with E-state index in [0.29, 0.717) is 36.0 Å². The number of carbonyl (C=O) groups excluding carboxylic acids is 1. The molecule has 9 heteroatoms. The summed E-state index contributed by atoms with van der Waals surface area (Å²) in [6.07, 6.45) is 0. The number of aromatic nitrogens is 1. The largest absolute Gasteiger partial charge is 0.494 e. The molecule has 1 aliphatic heterocycles. The minimum absolute atomic E-state index is 0.0563. The lowest BCUT2D eigenvalue weighted by Gasteiger charge is -2.37. The number of amides is 1. The van der Waals surface area contributed by atoms with Crippen molar-refractivity contribution in [3.63, 3.8) is 0 Å². The van der Waals surface area contributed by atoms with Gasteiger partial charge in [0.05, 0.1) is 39.1 Å². The van der Waals surface area contributed by atoms with Crippen LogP contribution in [0, 0.1) is 5.92 Å². The molecule has 0 spiro atoms. The van der Waals surface area contributed by atoms with Crippen LogP contribution >= 0.6 is 11.3 Å². The van der Waals surface area contributed by atoms with E-state index in [2.05, 4.69) is 15.2 Å². The molecule has 30 heavy (non-hydrogen) atoms. The molecule has 4 rings (SSSR count). The number of nitrogens with one attached hydrogen (secondary N) is 1. The third-order valence-corrected chi connectivity index (χ3v) is 6.13. The van der Waals surface area contributed by atoms with Crippen LogP contribution in [0.15, 0.2) is 30.3 Å². The third-order valence-electron chi connectivity index (χ3n) is 5.05. The summed E-state index contributed by atoms with van der Waals surface area (Å²) in [5, 5.41) is 3.84. The Morgan fingerprint density at radius 3 is 2.30 bits per heavy atom. The van der Waals surface area contributed by atoms with Gasteiger partial charge in [0.15, 0.2) is 16.6 Å². The molecule has 1 amide bonds. The molecule has 0 atom stereocenters. The molecule has 0 unspecified atom stereocenters. The summed E-state index contributed by atoms with van der Waals surface area (Å²) < 4.78 is 22.5. The topological polar surface area (TPSA) is 82.2 Å². The summed E-state index contributed by atoms with van der Waals surface area (Å²) in [6.45, 7) is 1.22. The lowest BCUT2D eigenvalue weighted by molar-refractivity contribution is -0.120. The van der Waals surface area contributed by atoms with Gasteiger partial charge in [0.2, 0.25) is 11.7 Å². The first-order valence-corrected chi connectivity index (χ1v) is 10.2. The Morgan fingerprint density at radius 1 is 1.03 bits per heavy atom. The van der Waals surface area contributed by atoms with Gasteiger partial charge < -0.3 is 29.2 Å². The smallest absolute Gasteiger partial charge is 0.231 e. The van der Waals surface area contributed by atoms with Crippen LogP contribution in [-0.2, 0) is 4.79 Å². The molecular formula is C21H23N3O5S. The van der Waals surface area contributed by atoms with E-state index in [1.807, 2.05) is 18.2 Å². The number of anilines is 2. The van der Waals surface area contributed by atoms with Crippen LogP contribution in [0.3, 0.4) is 0 Å². The summed E-state index contributed by atoms with van der Waals surface area (Å²) in [7, 11) is 6.26. The predicted molar refractivity (Wildman–Crippen MR) is 117 cm³/mol. The highest BCUT2D eigenvalue weighted by Crippen LogP contribution is 2.40. The SMILES string of the molecule is COc1cc(NC(=O)C2CN(c3nc4c(OC)cccc4s3)C2)cc(OC)c1OC. The van der Waals surface area contributed by atoms with Crippen molar-refractivity contribution in [2.45, 2.75) is 0 Å². The van der Waals surface area contributed by atoms with E-state index in [1.54, 1.807) is 51.9 Å². The molecule has 1 aromatic heterocycles. The Hall–Kier alpha value is -3.20. The van der Waals surface area contributed by atoms with Crippen molar-refractivity contribution in [2.75, 3.05) is 51.7 Å². The first-order chi connectivity index (χ1) is 14.6. The fraction of sp³-hybridized carbons (Fsp3) is 0.333. The summed E-state index contributed by atoms with van der Waals surface area (Å²) >= 11 is 1.60. The highest BCUT2D eigenvalue weighted by molar-refractivity contribution is 7.22. The van der Waals surface area contributed by atoms with Crippen molar-refractivity contribution in [1.82, 2.24) is 4.98 Å². The van der Waals surface area contributed by atoms with Crippen LogP contribution < -0.4 is 29.2 Å². The van der Waals surface area contributed by atoms with E-state index in [4.69, 9.17) is 18.9 Å². The van der Waals surface area contributed by atoms with Crippen LogP contribution in [-0.4, -0.2) is 52.4 Å². The highest BCUT2D eigenvalue weighted by atomic mass is 32.1. The average Bonchev–Trinajstić information content (AvgIpc) is 3.15. The van der Waals surface area contributed by atoms with Gasteiger partial charge in [0.1, 0.15) is 11.3 Å². The molecule has 8 nitrogen and oxygen atoms in total. The molecule has 1 N–H and O–H groups in total. The molecule has 0 aliphatic carbocycles. The molecule has 158 valence electrons. The fourth-order valence-corrected chi connectivity index (χ4v) is 4.41. The normalized spacial score (nSPS) is 13.7. The van der Waals surface area contributed by atoms with Crippen molar-refractivity contribution < 1.29 is 23.7 Å². The number of rotatable bonds is 7. The number of para-hydroxylation sites is 1. The lowest BCUT2D eigenvalue weighted by atomic mass is 10.00. The standard InChI is InChI=1S/C21H23N3O5S/c1-26-14-6-5-7-17-18(14)23-21(30-17)24-10-12(11-24)20(25)22-13-8-15(27-2)19(29-4)16(9-13)28-3/h5-9,12H,10-11H2,1-4H3,(H,22,25). The number of fused-ring (bicyclic) bond motifs is 1. The monoisotopic (exact) mass is 429 g/mol. The Balaban J connectivity index is 1.44. The number of thiazole rings is 1. The van der Waals surface area contributed by atoms with Crippen LogP contribution in [0.1, 0.15) is 0 Å². The van der Waals surface area contributed by atoms with Gasteiger partial charge >= 0.3 is 0 Å². The van der Waals surface area contributed by atoms with Gasteiger partial charge in [-0.1, -0.05) is 17.4 Å². The Morgan fingerprint density at radius 2 is 1.70 bits per heavy atom. The molecular weight excluding hydrogens is 406 g/mol. The zero-order valence-corrected chi connectivity index (χ0v) is 18.0. The van der Waals surface area contributed by atoms with Crippen LogP contribution in [0.25, 0.3) is 10.2 Å². The number of ether oxygens (including phenoxy) is 4. The number of methoxy groups -OCH3 is 4. The maximum atomic E-state index is 12.7. The van der Waals surface area contributed by atoms with Gasteiger partial charge in [-0.05, 0) is 12.1 Å². The number of benzene rings is 2. The molecule has 2 heterocycles. The van der Waals surface area contributed by atoms with Gasteiger partial charge in [0.25, 0.3) is 0 Å². The Kier molecular flexibility index (Phi) is 5.54. The molecule has 1 fully saturated rings. The summed E-state index contributed by atoms with van der Waals surface area (Å²) in [4.78, 5) is 19.5. The van der Waals surface area contributed by atoms with E-state index in [1.165, 1.54) is 0 Å². The van der Waals surface area contributed by atoms with Gasteiger partial charge in [-0.2, -0.15) is 0 Å². The van der Waals surface area contributed by atoms with Crippen molar-refractivity contribution in [3.8, 4) is 23.0 Å². The molecule has 1 aliphatic rings. The van der Waals surface area contributed by atoms with Gasteiger partial charge in [-0.25, -0.2) is 4.98 Å². The molecule has 0 bridgehead atoms. The molecule has 0 saturated carbocycles. The first-order valence-electron chi connectivity index (χ1n) is 9.37. The number of hydrogen-bond acceptors (Lipinski definition) is 8. The first kappa shape index (κ1) is 20.1. The van der Waals surface area contributed by atoms with Crippen LogP contribution in [0.5, 0.6) is 23.0 Å².